The third-order valence-corrected chi connectivity index (χ3v) is 5.66. The van der Waals surface area contributed by atoms with Gasteiger partial charge in [0.15, 0.2) is 5.82 Å². The number of ether oxygens (including phenoxy) is 1. The monoisotopic (exact) mass is 395 g/mol. The van der Waals surface area contributed by atoms with Crippen LogP contribution in [0.1, 0.15) is 25.3 Å². The van der Waals surface area contributed by atoms with Crippen molar-refractivity contribution in [3.8, 4) is 17.0 Å². The van der Waals surface area contributed by atoms with E-state index in [4.69, 9.17) is 16.3 Å². The highest BCUT2D eigenvalue weighted by atomic mass is 35.5. The van der Waals surface area contributed by atoms with Crippen LogP contribution in [-0.2, 0) is 4.74 Å². The number of benzene rings is 2. The highest BCUT2D eigenvalue weighted by Gasteiger charge is 2.40. The predicted octanol–water partition coefficient (Wildman–Crippen LogP) is 5.19. The lowest BCUT2D eigenvalue weighted by Gasteiger charge is -2.44. The summed E-state index contributed by atoms with van der Waals surface area (Å²) >= 11 is 5.94. The number of halogens is 1. The molecular weight excluding hydrogens is 374 g/mol. The molecule has 5 nitrogen and oxygen atoms in total. The van der Waals surface area contributed by atoms with Gasteiger partial charge in [0, 0.05) is 34.5 Å². The molecule has 0 amide bonds. The zero-order valence-electron chi connectivity index (χ0n) is 15.9. The molecule has 2 aromatic carbocycles. The average Bonchev–Trinajstić information content (AvgIpc) is 2.67. The second-order valence-corrected chi connectivity index (χ2v) is 7.94. The van der Waals surface area contributed by atoms with E-state index in [-0.39, 0.29) is 11.4 Å². The Hall–Kier alpha value is -2.63. The van der Waals surface area contributed by atoms with Crippen LogP contribution in [0.3, 0.4) is 0 Å². The second-order valence-electron chi connectivity index (χ2n) is 7.48. The second kappa shape index (κ2) is 7.08. The van der Waals surface area contributed by atoms with Gasteiger partial charge in [-0.3, -0.25) is 0 Å². The first-order chi connectivity index (χ1) is 13.4. The predicted molar refractivity (Wildman–Crippen MR) is 114 cm³/mol. The molecule has 0 saturated heterocycles. The molecule has 1 aliphatic rings. The van der Waals surface area contributed by atoms with E-state index >= 15 is 0 Å². The van der Waals surface area contributed by atoms with Gasteiger partial charge in [-0.05, 0) is 37.5 Å². The third-order valence-electron chi connectivity index (χ3n) is 5.44. The van der Waals surface area contributed by atoms with Crippen molar-refractivity contribution in [1.29, 1.82) is 0 Å². The summed E-state index contributed by atoms with van der Waals surface area (Å²) in [5.74, 6) is 0.835. The lowest BCUT2D eigenvalue weighted by Crippen LogP contribution is -2.49. The van der Waals surface area contributed by atoms with Crippen LogP contribution in [0.4, 0.5) is 5.82 Å². The van der Waals surface area contributed by atoms with Crippen LogP contribution in [0.2, 0.25) is 0 Å². The van der Waals surface area contributed by atoms with Gasteiger partial charge in [-0.15, -0.1) is 10.2 Å². The number of phenolic OH excluding ortho intramolecular Hbond substituents is 1. The van der Waals surface area contributed by atoms with Crippen molar-refractivity contribution < 1.29 is 9.84 Å². The van der Waals surface area contributed by atoms with Gasteiger partial charge in [-0.1, -0.05) is 48.5 Å². The number of aromatic hydroxyl groups is 1. The normalized spacial score (nSPS) is 21.3. The van der Waals surface area contributed by atoms with Crippen molar-refractivity contribution in [1.82, 2.24) is 10.2 Å². The molecule has 1 aliphatic carbocycles. The molecule has 0 aliphatic heterocycles. The molecule has 144 valence electrons. The van der Waals surface area contributed by atoms with Gasteiger partial charge >= 0.3 is 0 Å². The number of nitrogens with zero attached hydrogens (tertiary/aromatic N) is 2. The van der Waals surface area contributed by atoms with Gasteiger partial charge in [0.2, 0.25) is 0 Å². The van der Waals surface area contributed by atoms with Gasteiger partial charge in [-0.2, -0.15) is 0 Å². The number of hydrogen-bond acceptors (Lipinski definition) is 5. The van der Waals surface area contributed by atoms with Crippen LogP contribution < -0.4 is 5.32 Å². The Bertz CT molecular complexity index is 1060. The highest BCUT2D eigenvalue weighted by Crippen LogP contribution is 2.39. The minimum absolute atomic E-state index is 0.0686. The molecule has 6 heteroatoms. The maximum Gasteiger partial charge on any atom is 0.156 e. The summed E-state index contributed by atoms with van der Waals surface area (Å²) in [6.45, 7) is 5.81. The Balaban J connectivity index is 1.72. The Kier molecular flexibility index (Phi) is 4.73. The first kappa shape index (κ1) is 18.7. The van der Waals surface area contributed by atoms with Crippen molar-refractivity contribution in [2.75, 3.05) is 12.4 Å². The minimum Gasteiger partial charge on any atom is -0.507 e. The molecule has 2 N–H and O–H groups in total. The molecule has 1 saturated carbocycles. The molecule has 0 radical (unpaired) electrons. The molecule has 0 unspecified atom stereocenters. The highest BCUT2D eigenvalue weighted by molar-refractivity contribution is 6.48. The first-order valence-corrected chi connectivity index (χ1v) is 9.53. The van der Waals surface area contributed by atoms with Crippen molar-refractivity contribution in [3.05, 3.63) is 54.6 Å². The Morgan fingerprint density at radius 3 is 2.57 bits per heavy atom. The van der Waals surface area contributed by atoms with Crippen molar-refractivity contribution >= 4 is 33.2 Å². The minimum atomic E-state index is -0.0686. The number of aromatic nitrogens is 2. The van der Waals surface area contributed by atoms with Crippen molar-refractivity contribution in [3.63, 3.8) is 0 Å². The van der Waals surface area contributed by atoms with E-state index in [0.717, 1.165) is 29.4 Å². The van der Waals surface area contributed by atoms with E-state index < -0.39 is 0 Å². The maximum absolute atomic E-state index is 10.5. The van der Waals surface area contributed by atoms with Gasteiger partial charge in [0.05, 0.1) is 5.60 Å². The Morgan fingerprint density at radius 1 is 1.21 bits per heavy atom. The topological polar surface area (TPSA) is 67.3 Å². The number of phenols is 1. The lowest BCUT2D eigenvalue weighted by atomic mass is 9.77. The molecule has 1 aromatic heterocycles. The number of fused-ring (bicyclic) bond motifs is 1. The lowest BCUT2D eigenvalue weighted by molar-refractivity contribution is -0.0625. The van der Waals surface area contributed by atoms with Crippen LogP contribution in [0.5, 0.6) is 5.75 Å². The molecule has 3 aromatic rings. The van der Waals surface area contributed by atoms with Crippen molar-refractivity contribution in [2.24, 2.45) is 0 Å². The molecule has 28 heavy (non-hydrogen) atoms. The fourth-order valence-electron chi connectivity index (χ4n) is 3.75. The van der Waals surface area contributed by atoms with Gasteiger partial charge in [-0.25, -0.2) is 0 Å². The fourth-order valence-corrected chi connectivity index (χ4v) is 3.87. The summed E-state index contributed by atoms with van der Waals surface area (Å²) in [5, 5.41) is 25.1. The molecule has 0 spiro atoms. The molecular formula is C22H22ClN3O2. The SMILES string of the molecule is C=C(Cl)c1ccc(-c2nnc(NC3CC(C)(OC)C3)c3ccccc23)c(O)c1. The summed E-state index contributed by atoms with van der Waals surface area (Å²) in [6.07, 6.45) is 1.84. The third kappa shape index (κ3) is 3.32. The van der Waals surface area contributed by atoms with Gasteiger partial charge < -0.3 is 15.2 Å². The standard InChI is InChI=1S/C22H22ClN3O2/c1-13(23)14-8-9-18(19(27)10-14)20-16-6-4-5-7-17(16)21(26-25-20)24-15-11-22(2,12-15)28-3/h4-10,15,27H,1,11-12H2,2-3H3,(H,24,26). The maximum atomic E-state index is 10.5. The van der Waals surface area contributed by atoms with Crippen LogP contribution in [0.15, 0.2) is 49.0 Å². The average molecular weight is 396 g/mol. The quantitative estimate of drug-likeness (QED) is 0.622. The molecule has 0 atom stereocenters. The Morgan fingerprint density at radius 2 is 1.93 bits per heavy atom. The van der Waals surface area contributed by atoms with Crippen LogP contribution in [0, 0.1) is 0 Å². The fraction of sp³-hybridized carbons (Fsp3) is 0.273. The van der Waals surface area contributed by atoms with Crippen LogP contribution in [0.25, 0.3) is 27.1 Å². The zero-order valence-corrected chi connectivity index (χ0v) is 16.6. The van der Waals surface area contributed by atoms with E-state index in [1.165, 1.54) is 0 Å². The molecule has 4 rings (SSSR count). The number of rotatable bonds is 5. The summed E-state index contributed by atoms with van der Waals surface area (Å²) in [4.78, 5) is 0. The smallest absolute Gasteiger partial charge is 0.156 e. The number of nitrogens with one attached hydrogen (secondary N) is 1. The number of methoxy groups -OCH3 is 1. The van der Waals surface area contributed by atoms with Crippen LogP contribution in [-0.4, -0.2) is 34.1 Å². The summed E-state index contributed by atoms with van der Waals surface area (Å²) in [7, 11) is 1.75. The number of hydrogen-bond donors (Lipinski definition) is 2. The van der Waals surface area contributed by atoms with E-state index in [9.17, 15) is 5.11 Å². The van der Waals surface area contributed by atoms with E-state index in [1.54, 1.807) is 19.2 Å². The Labute approximate surface area is 169 Å². The van der Waals surface area contributed by atoms with Gasteiger partial charge in [0.25, 0.3) is 0 Å². The summed E-state index contributed by atoms with van der Waals surface area (Å²) < 4.78 is 5.53. The van der Waals surface area contributed by atoms with E-state index in [0.29, 0.717) is 27.9 Å². The molecule has 0 bridgehead atoms. The summed E-state index contributed by atoms with van der Waals surface area (Å²) in [6, 6.07) is 13.4. The van der Waals surface area contributed by atoms with Crippen molar-refractivity contribution in [2.45, 2.75) is 31.4 Å². The molecule has 1 heterocycles. The largest absolute Gasteiger partial charge is 0.507 e. The molecule has 1 fully saturated rings. The van der Waals surface area contributed by atoms with E-state index in [2.05, 4.69) is 29.0 Å². The van der Waals surface area contributed by atoms with Crippen LogP contribution >= 0.6 is 11.6 Å². The van der Waals surface area contributed by atoms with E-state index in [1.807, 2.05) is 30.3 Å². The zero-order chi connectivity index (χ0) is 19.9. The summed E-state index contributed by atoms with van der Waals surface area (Å²) in [5.41, 5.74) is 1.83. The van der Waals surface area contributed by atoms with Gasteiger partial charge in [0.1, 0.15) is 11.4 Å². The first-order valence-electron chi connectivity index (χ1n) is 9.15. The number of anilines is 1.